The summed E-state index contributed by atoms with van der Waals surface area (Å²) in [7, 11) is 1.47. The average molecular weight is 263 g/mol. The number of amides is 1. The van der Waals surface area contributed by atoms with Gasteiger partial charge in [-0.15, -0.1) is 0 Å². The van der Waals surface area contributed by atoms with E-state index in [2.05, 4.69) is 0 Å². The minimum absolute atomic E-state index is 0.387. The molecular weight excluding hydrogens is 251 g/mol. The maximum atomic E-state index is 11.9. The quantitative estimate of drug-likeness (QED) is 0.863. The van der Waals surface area contributed by atoms with Crippen LogP contribution in [0, 0.1) is 0 Å². The van der Waals surface area contributed by atoms with Crippen LogP contribution >= 0.6 is 0 Å². The third-order valence-corrected chi connectivity index (χ3v) is 2.21. The third-order valence-electron chi connectivity index (χ3n) is 2.21. The first-order chi connectivity index (χ1) is 8.34. The van der Waals surface area contributed by atoms with Crippen LogP contribution in [0.4, 0.5) is 13.2 Å². The van der Waals surface area contributed by atoms with Crippen molar-refractivity contribution in [2.45, 2.75) is 12.3 Å². The van der Waals surface area contributed by atoms with Crippen molar-refractivity contribution in [2.24, 2.45) is 0 Å². The van der Waals surface area contributed by atoms with Gasteiger partial charge in [0.05, 0.1) is 13.2 Å². The summed E-state index contributed by atoms with van der Waals surface area (Å²) in [6, 6.07) is 6.13. The zero-order valence-corrected chi connectivity index (χ0v) is 9.49. The number of aliphatic hydroxyl groups is 1. The highest BCUT2D eigenvalue weighted by Gasteiger charge is 2.38. The van der Waals surface area contributed by atoms with Gasteiger partial charge in [0.25, 0.3) is 0 Å². The monoisotopic (exact) mass is 263 g/mol. The predicted molar refractivity (Wildman–Crippen MR) is 57.0 cm³/mol. The molecule has 18 heavy (non-hydrogen) atoms. The summed E-state index contributed by atoms with van der Waals surface area (Å²) in [5, 5.41) is 11.2. The fourth-order valence-corrected chi connectivity index (χ4v) is 1.23. The Labute approximate surface area is 101 Å². The van der Waals surface area contributed by atoms with E-state index < -0.39 is 24.7 Å². The first-order valence-electron chi connectivity index (χ1n) is 5.01. The van der Waals surface area contributed by atoms with E-state index in [1.165, 1.54) is 19.2 Å². The van der Waals surface area contributed by atoms with Gasteiger partial charge < -0.3 is 15.2 Å². The summed E-state index contributed by atoms with van der Waals surface area (Å²) < 4.78 is 40.6. The zero-order valence-electron chi connectivity index (χ0n) is 9.49. The van der Waals surface area contributed by atoms with Crippen LogP contribution in [0.25, 0.3) is 0 Å². The smallest absolute Gasteiger partial charge is 0.471 e. The molecule has 1 unspecified atom stereocenters. The van der Waals surface area contributed by atoms with Gasteiger partial charge in [0.1, 0.15) is 5.75 Å². The molecule has 0 spiro atoms. The lowest BCUT2D eigenvalue weighted by Crippen LogP contribution is -2.38. The summed E-state index contributed by atoms with van der Waals surface area (Å²) in [5.74, 6) is -1.51. The lowest BCUT2D eigenvalue weighted by Gasteiger charge is -2.13. The minimum Gasteiger partial charge on any atom is -0.497 e. The molecule has 7 heteroatoms. The molecule has 100 valence electrons. The fourth-order valence-electron chi connectivity index (χ4n) is 1.23. The lowest BCUT2D eigenvalue weighted by atomic mass is 10.1. The van der Waals surface area contributed by atoms with Gasteiger partial charge in [-0.1, -0.05) is 12.1 Å². The van der Waals surface area contributed by atoms with Gasteiger partial charge in [-0.3, -0.25) is 4.79 Å². The van der Waals surface area contributed by atoms with E-state index in [9.17, 15) is 23.1 Å². The maximum absolute atomic E-state index is 11.9. The zero-order chi connectivity index (χ0) is 13.8. The molecule has 1 aromatic rings. The molecule has 0 fully saturated rings. The van der Waals surface area contributed by atoms with Gasteiger partial charge in [-0.2, -0.15) is 13.2 Å². The number of carbonyl (C=O) groups is 1. The number of rotatable bonds is 4. The van der Waals surface area contributed by atoms with E-state index in [0.717, 1.165) is 0 Å². The minimum atomic E-state index is -4.94. The molecule has 0 saturated heterocycles. The molecule has 1 amide bonds. The highest BCUT2D eigenvalue weighted by atomic mass is 19.4. The van der Waals surface area contributed by atoms with Crippen LogP contribution in [0.5, 0.6) is 5.75 Å². The van der Waals surface area contributed by atoms with E-state index in [0.29, 0.717) is 11.3 Å². The van der Waals surface area contributed by atoms with Gasteiger partial charge >= 0.3 is 12.1 Å². The van der Waals surface area contributed by atoms with Gasteiger partial charge in [0.15, 0.2) is 0 Å². The molecule has 1 aromatic carbocycles. The Morgan fingerprint density at radius 2 is 1.94 bits per heavy atom. The molecule has 1 atom stereocenters. The average Bonchev–Trinajstić information content (AvgIpc) is 2.34. The second-order valence-corrected chi connectivity index (χ2v) is 3.50. The van der Waals surface area contributed by atoms with E-state index in [1.807, 2.05) is 0 Å². The van der Waals surface area contributed by atoms with Gasteiger partial charge in [0, 0.05) is 6.54 Å². The number of halogens is 3. The largest absolute Gasteiger partial charge is 0.497 e. The molecule has 0 aliphatic heterocycles. The first kappa shape index (κ1) is 14.3. The fraction of sp³-hybridized carbons (Fsp3) is 0.364. The Morgan fingerprint density at radius 3 is 2.39 bits per heavy atom. The summed E-state index contributed by atoms with van der Waals surface area (Å²) in [6.45, 7) is -0.509. The Balaban J connectivity index is 2.55. The summed E-state index contributed by atoms with van der Waals surface area (Å²) in [5.41, 5.74) is 0.387. The highest BCUT2D eigenvalue weighted by Crippen LogP contribution is 2.18. The molecule has 2 N–H and O–H groups in total. The van der Waals surface area contributed by atoms with Crippen LogP contribution in [0.3, 0.4) is 0 Å². The van der Waals surface area contributed by atoms with Crippen LogP contribution in [-0.4, -0.2) is 30.8 Å². The van der Waals surface area contributed by atoms with Gasteiger partial charge in [-0.05, 0) is 17.7 Å². The number of nitrogens with one attached hydrogen (secondary N) is 1. The SMILES string of the molecule is COc1ccc(C(O)CNC(=O)C(F)(F)F)cc1. The number of alkyl halides is 3. The number of hydrogen-bond acceptors (Lipinski definition) is 3. The molecule has 1 rings (SSSR count). The van der Waals surface area contributed by atoms with Crippen molar-refractivity contribution in [3.63, 3.8) is 0 Å². The standard InChI is InChI=1S/C11H12F3NO3/c1-18-8-4-2-7(3-5-8)9(16)6-15-10(17)11(12,13)14/h2-5,9,16H,6H2,1H3,(H,15,17). The second kappa shape index (κ2) is 5.72. The lowest BCUT2D eigenvalue weighted by molar-refractivity contribution is -0.174. The first-order valence-corrected chi connectivity index (χ1v) is 5.01. The normalized spacial score (nSPS) is 12.9. The van der Waals surface area contributed by atoms with Gasteiger partial charge in [-0.25, -0.2) is 0 Å². The molecule has 4 nitrogen and oxygen atoms in total. The van der Waals surface area contributed by atoms with Crippen molar-refractivity contribution in [1.82, 2.24) is 5.32 Å². The van der Waals surface area contributed by atoms with E-state index in [1.54, 1.807) is 17.4 Å². The number of methoxy groups -OCH3 is 1. The molecule has 0 aliphatic carbocycles. The highest BCUT2D eigenvalue weighted by molar-refractivity contribution is 5.81. The molecule has 0 radical (unpaired) electrons. The van der Waals surface area contributed by atoms with E-state index in [-0.39, 0.29) is 0 Å². The number of aliphatic hydroxyl groups excluding tert-OH is 1. The summed E-state index contributed by atoms with van der Waals surface area (Å²) in [6.07, 6.45) is -6.15. The number of ether oxygens (including phenoxy) is 1. The van der Waals surface area contributed by atoms with Crippen LogP contribution in [-0.2, 0) is 4.79 Å². The number of benzene rings is 1. The Bertz CT molecular complexity index is 403. The van der Waals surface area contributed by atoms with Crippen molar-refractivity contribution >= 4 is 5.91 Å². The molecule has 0 aromatic heterocycles. The van der Waals surface area contributed by atoms with Crippen molar-refractivity contribution in [2.75, 3.05) is 13.7 Å². The topological polar surface area (TPSA) is 58.6 Å². The molecular formula is C11H12F3NO3. The number of hydrogen-bond donors (Lipinski definition) is 2. The van der Waals surface area contributed by atoms with Crippen molar-refractivity contribution < 1.29 is 27.8 Å². The van der Waals surface area contributed by atoms with Gasteiger partial charge in [0.2, 0.25) is 0 Å². The van der Waals surface area contributed by atoms with E-state index in [4.69, 9.17) is 4.74 Å². The number of carbonyl (C=O) groups excluding carboxylic acids is 1. The van der Waals surface area contributed by atoms with E-state index >= 15 is 0 Å². The Morgan fingerprint density at radius 1 is 1.39 bits per heavy atom. The second-order valence-electron chi connectivity index (χ2n) is 3.50. The molecule has 0 bridgehead atoms. The Hall–Kier alpha value is -1.76. The van der Waals surface area contributed by atoms with Crippen molar-refractivity contribution in [3.05, 3.63) is 29.8 Å². The van der Waals surface area contributed by atoms with Crippen LogP contribution < -0.4 is 10.1 Å². The maximum Gasteiger partial charge on any atom is 0.471 e. The Kier molecular flexibility index (Phi) is 4.55. The summed E-state index contributed by atoms with van der Waals surface area (Å²) >= 11 is 0. The van der Waals surface area contributed by atoms with Crippen molar-refractivity contribution in [1.29, 1.82) is 0 Å². The van der Waals surface area contributed by atoms with Crippen LogP contribution in [0.1, 0.15) is 11.7 Å². The molecule has 0 aliphatic rings. The van der Waals surface area contributed by atoms with Crippen LogP contribution in [0.2, 0.25) is 0 Å². The molecule has 0 saturated carbocycles. The predicted octanol–water partition coefficient (Wildman–Crippen LogP) is 1.41. The van der Waals surface area contributed by atoms with Crippen molar-refractivity contribution in [3.8, 4) is 5.75 Å². The third kappa shape index (κ3) is 3.92. The van der Waals surface area contributed by atoms with Crippen LogP contribution in [0.15, 0.2) is 24.3 Å². The molecule has 0 heterocycles. The summed E-state index contributed by atoms with van der Waals surface area (Å²) in [4.78, 5) is 10.5.